The molecule has 0 N–H and O–H groups in total. The maximum absolute atomic E-state index is 5.16. The largest absolute Gasteiger partial charge is 3.00 e. The van der Waals surface area contributed by atoms with Gasteiger partial charge in [-0.05, 0) is 33.4 Å². The van der Waals surface area contributed by atoms with Gasteiger partial charge < -0.3 is 89.2 Å². The van der Waals surface area contributed by atoms with Crippen molar-refractivity contribution in [3.63, 3.8) is 0 Å². The van der Waals surface area contributed by atoms with Crippen molar-refractivity contribution in [2.45, 2.75) is 39.3 Å². The first-order valence-electron chi connectivity index (χ1n) is 17.4. The molecule has 10 heteroatoms. The molecule has 0 saturated heterocycles. The van der Waals surface area contributed by atoms with Crippen molar-refractivity contribution in [1.82, 2.24) is 14.7 Å². The maximum Gasteiger partial charge on any atom is 3.00 e. The summed E-state index contributed by atoms with van der Waals surface area (Å²) in [7, 11) is 0. The number of nitrogens with zero attached hydrogens (tertiary/aromatic N) is 3. The van der Waals surface area contributed by atoms with Crippen LogP contribution < -0.4 is 0 Å². The van der Waals surface area contributed by atoms with Gasteiger partial charge in [0, 0.05) is 39.3 Å². The molecule has 55 heavy (non-hydrogen) atoms. The summed E-state index contributed by atoms with van der Waals surface area (Å²) in [6.45, 7) is 4.57. The SMILES string of the molecule is S=C([S-])N(Cc1ccccc1)Cc1ccccc1.S=C([S-])N(Cc1ccccc1)Cc1ccccc1.S=C([S-])N(Cc1ccccc1)Cc1ccccc1.[La+3]. The Hall–Kier alpha value is -3.16. The van der Waals surface area contributed by atoms with Crippen molar-refractivity contribution in [3.05, 3.63) is 215 Å². The summed E-state index contributed by atoms with van der Waals surface area (Å²) in [4.78, 5) is 6.11. The second-order valence-corrected chi connectivity index (χ2v) is 15.4. The van der Waals surface area contributed by atoms with Crippen LogP contribution in [0.1, 0.15) is 33.4 Å². The topological polar surface area (TPSA) is 9.72 Å². The molecule has 0 spiro atoms. The Bertz CT molecular complexity index is 1600. The van der Waals surface area contributed by atoms with Gasteiger partial charge >= 0.3 is 35.6 Å². The molecule has 0 radical (unpaired) electrons. The maximum atomic E-state index is 5.16. The molecule has 0 heterocycles. The van der Waals surface area contributed by atoms with Gasteiger partial charge in [0.05, 0.1) is 0 Å². The molecule has 0 saturated carbocycles. The van der Waals surface area contributed by atoms with E-state index in [0.717, 1.165) is 39.3 Å². The van der Waals surface area contributed by atoms with Crippen LogP contribution in [-0.4, -0.2) is 27.7 Å². The standard InChI is InChI=1S/3C15H15NS2.La/c3*17-15(18)16(11-13-7-3-1-4-8-13)12-14-9-5-2-6-10-14;/h3*1-10H,11-12H2,(H,17,18);/q;;;+3/p-3. The van der Waals surface area contributed by atoms with E-state index in [2.05, 4.69) is 72.8 Å². The average Bonchev–Trinajstić information content (AvgIpc) is 3.20. The third kappa shape index (κ3) is 18.6. The zero-order chi connectivity index (χ0) is 38.4. The normalized spacial score (nSPS) is 9.82. The molecule has 6 rings (SSSR count). The van der Waals surface area contributed by atoms with Crippen LogP contribution in [0.2, 0.25) is 0 Å². The van der Waals surface area contributed by atoms with Crippen molar-refractivity contribution >= 4 is 87.5 Å². The van der Waals surface area contributed by atoms with Crippen LogP contribution in [0.3, 0.4) is 0 Å². The molecular formula is C45H42LaN3S6. The molecule has 0 aliphatic rings. The van der Waals surface area contributed by atoms with E-state index in [-0.39, 0.29) is 35.6 Å². The van der Waals surface area contributed by atoms with Gasteiger partial charge in [0.2, 0.25) is 0 Å². The van der Waals surface area contributed by atoms with E-state index in [1.807, 2.05) is 124 Å². The quantitative estimate of drug-likeness (QED) is 0.0869. The van der Waals surface area contributed by atoms with Crippen molar-refractivity contribution in [1.29, 1.82) is 0 Å². The summed E-state index contributed by atoms with van der Waals surface area (Å²) >= 11 is 30.9. The van der Waals surface area contributed by atoms with Crippen molar-refractivity contribution in [3.8, 4) is 0 Å². The molecule has 3 nitrogen and oxygen atoms in total. The van der Waals surface area contributed by atoms with Crippen LogP contribution in [-0.2, 0) is 77.2 Å². The molecule has 0 aliphatic heterocycles. The molecule has 6 aromatic rings. The average molecular weight is 956 g/mol. The molecule has 6 aromatic carbocycles. The van der Waals surface area contributed by atoms with Crippen LogP contribution in [0.5, 0.6) is 0 Å². The summed E-state index contributed by atoms with van der Waals surface area (Å²) in [6, 6.07) is 61.5. The Labute approximate surface area is 388 Å². The summed E-state index contributed by atoms with van der Waals surface area (Å²) in [5, 5.41) is 0. The van der Waals surface area contributed by atoms with Gasteiger partial charge in [-0.2, -0.15) is 0 Å². The second kappa shape index (κ2) is 26.7. The number of hydrogen-bond donors (Lipinski definition) is 0. The summed E-state index contributed by atoms with van der Waals surface area (Å²) in [5.74, 6) is 0. The van der Waals surface area contributed by atoms with E-state index in [1.54, 1.807) is 0 Å². The predicted molar refractivity (Wildman–Crippen MR) is 246 cm³/mol. The fourth-order valence-corrected chi connectivity index (χ4v) is 6.15. The van der Waals surface area contributed by atoms with Crippen LogP contribution >= 0.6 is 36.7 Å². The number of thiocarbonyl (C=S) groups is 3. The van der Waals surface area contributed by atoms with Gasteiger partial charge in [0.1, 0.15) is 0 Å². The molecule has 0 aromatic heterocycles. The Morgan fingerprint density at radius 3 is 0.527 bits per heavy atom. The van der Waals surface area contributed by atoms with Crippen LogP contribution in [0.25, 0.3) is 0 Å². The number of hydrogen-bond acceptors (Lipinski definition) is 6. The number of benzene rings is 6. The zero-order valence-electron chi connectivity index (χ0n) is 30.4. The Kier molecular flexibility index (Phi) is 22.4. The van der Waals surface area contributed by atoms with E-state index in [1.165, 1.54) is 33.4 Å². The first-order chi connectivity index (χ1) is 26.3. The Balaban J connectivity index is 0.000000220. The molecule has 0 atom stereocenters. The summed E-state index contributed by atoms with van der Waals surface area (Å²) in [5.41, 5.74) is 7.34. The first kappa shape index (κ1) is 46.2. The first-order valence-corrected chi connectivity index (χ1v) is 19.8. The Morgan fingerprint density at radius 1 is 0.291 bits per heavy atom. The van der Waals surface area contributed by atoms with E-state index < -0.39 is 0 Å². The third-order valence-electron chi connectivity index (χ3n) is 8.07. The van der Waals surface area contributed by atoms with E-state index in [4.69, 9.17) is 74.5 Å². The molecule has 0 unspecified atom stereocenters. The molecule has 0 bridgehead atoms. The molecule has 0 amide bonds. The predicted octanol–water partition coefficient (Wildman–Crippen LogP) is 10.6. The van der Waals surface area contributed by atoms with Gasteiger partial charge in [0.15, 0.2) is 0 Å². The van der Waals surface area contributed by atoms with E-state index in [0.29, 0.717) is 13.0 Å². The van der Waals surface area contributed by atoms with E-state index >= 15 is 0 Å². The molecule has 276 valence electrons. The van der Waals surface area contributed by atoms with E-state index in [9.17, 15) is 0 Å². The van der Waals surface area contributed by atoms with Gasteiger partial charge in [-0.1, -0.05) is 195 Å². The van der Waals surface area contributed by atoms with Crippen molar-refractivity contribution < 1.29 is 35.6 Å². The second-order valence-electron chi connectivity index (χ2n) is 12.3. The minimum absolute atomic E-state index is 0. The summed E-state index contributed by atoms with van der Waals surface area (Å²) < 4.78 is 1.55. The van der Waals surface area contributed by atoms with Gasteiger partial charge in [-0.25, -0.2) is 0 Å². The van der Waals surface area contributed by atoms with Crippen molar-refractivity contribution in [2.24, 2.45) is 0 Å². The monoisotopic (exact) mass is 955 g/mol. The summed E-state index contributed by atoms with van der Waals surface area (Å²) in [6.07, 6.45) is 0. The fourth-order valence-electron chi connectivity index (χ4n) is 5.38. The fraction of sp³-hybridized carbons (Fsp3) is 0.133. The molecule has 0 aliphatic carbocycles. The van der Waals surface area contributed by atoms with Gasteiger partial charge in [-0.15, -0.1) is 0 Å². The van der Waals surface area contributed by atoms with Gasteiger partial charge in [0.25, 0.3) is 0 Å². The van der Waals surface area contributed by atoms with Crippen LogP contribution in [0.15, 0.2) is 182 Å². The minimum atomic E-state index is 0. The van der Waals surface area contributed by atoms with Gasteiger partial charge in [-0.3, -0.25) is 0 Å². The molecule has 0 fully saturated rings. The minimum Gasteiger partial charge on any atom is -0.411 e. The Morgan fingerprint density at radius 2 is 0.418 bits per heavy atom. The zero-order valence-corrected chi connectivity index (χ0v) is 39.0. The smallest absolute Gasteiger partial charge is 0.411 e. The van der Waals surface area contributed by atoms with Crippen LogP contribution in [0.4, 0.5) is 0 Å². The van der Waals surface area contributed by atoms with Crippen molar-refractivity contribution in [2.75, 3.05) is 0 Å². The van der Waals surface area contributed by atoms with Crippen LogP contribution in [0, 0.1) is 35.6 Å². The third-order valence-corrected chi connectivity index (χ3v) is 9.62. The molecular weight excluding hydrogens is 914 g/mol. The number of rotatable bonds is 12.